The number of nitrogens with two attached hydrogens (primary N) is 1. The number of rotatable bonds is 9. The predicted molar refractivity (Wildman–Crippen MR) is 128 cm³/mol. The van der Waals surface area contributed by atoms with Crippen molar-refractivity contribution in [2.75, 3.05) is 19.5 Å². The van der Waals surface area contributed by atoms with Crippen LogP contribution >= 0.6 is 0 Å². The molecule has 0 saturated heterocycles. The Morgan fingerprint density at radius 3 is 2.46 bits per heavy atom. The third-order valence-electron chi connectivity index (χ3n) is 5.02. The van der Waals surface area contributed by atoms with Gasteiger partial charge in [0.1, 0.15) is 17.2 Å². The van der Waals surface area contributed by atoms with Crippen molar-refractivity contribution >= 4 is 17.4 Å². The van der Waals surface area contributed by atoms with E-state index in [4.69, 9.17) is 19.8 Å². The summed E-state index contributed by atoms with van der Waals surface area (Å²) in [6, 6.07) is 14.5. The molecular weight excluding hydrogens is 452 g/mol. The van der Waals surface area contributed by atoms with Crippen LogP contribution in [0.15, 0.2) is 58.3 Å². The van der Waals surface area contributed by atoms with E-state index in [-0.39, 0.29) is 17.3 Å². The number of methoxy groups -OCH3 is 1. The number of hydrogen-bond donors (Lipinski definition) is 2. The van der Waals surface area contributed by atoms with Gasteiger partial charge >= 0.3 is 0 Å². The molecule has 0 aliphatic heterocycles. The fourth-order valence-corrected chi connectivity index (χ4v) is 3.19. The lowest BCUT2D eigenvalue weighted by molar-refractivity contribution is 0.0950. The molecule has 0 saturated carbocycles. The highest BCUT2D eigenvalue weighted by Crippen LogP contribution is 2.28. The largest absolute Gasteiger partial charge is 0.497 e. The van der Waals surface area contributed by atoms with Crippen LogP contribution in [-0.4, -0.2) is 50.6 Å². The highest BCUT2D eigenvalue weighted by Gasteiger charge is 2.25. The van der Waals surface area contributed by atoms with Gasteiger partial charge in [-0.2, -0.15) is 9.78 Å². The predicted octanol–water partition coefficient (Wildman–Crippen LogP) is 2.85. The van der Waals surface area contributed by atoms with Gasteiger partial charge in [0.15, 0.2) is 5.69 Å². The van der Waals surface area contributed by atoms with Crippen molar-refractivity contribution in [3.63, 3.8) is 0 Å². The minimum Gasteiger partial charge on any atom is -0.497 e. The van der Waals surface area contributed by atoms with E-state index in [0.717, 1.165) is 17.7 Å². The van der Waals surface area contributed by atoms with E-state index in [1.54, 1.807) is 38.3 Å². The van der Waals surface area contributed by atoms with Crippen molar-refractivity contribution in [1.82, 2.24) is 30.7 Å². The van der Waals surface area contributed by atoms with Crippen LogP contribution in [-0.2, 0) is 0 Å². The highest BCUT2D eigenvalue weighted by molar-refractivity contribution is 6.02. The lowest BCUT2D eigenvalue weighted by atomic mass is 10.1. The summed E-state index contributed by atoms with van der Waals surface area (Å²) in [7, 11) is 1.59. The summed E-state index contributed by atoms with van der Waals surface area (Å²) in [5, 5.41) is 19.7. The number of anilines is 1. The quantitative estimate of drug-likeness (QED) is 0.274. The number of nitrogens with one attached hydrogen (secondary N) is 1. The summed E-state index contributed by atoms with van der Waals surface area (Å²) in [6.07, 6.45) is 0.887. The minimum absolute atomic E-state index is 0.000576. The maximum absolute atomic E-state index is 13.1. The smallest absolute Gasteiger partial charge is 0.294 e. The van der Waals surface area contributed by atoms with Crippen LogP contribution in [0.5, 0.6) is 11.5 Å². The van der Waals surface area contributed by atoms with Gasteiger partial charge in [-0.3, -0.25) is 4.79 Å². The van der Waals surface area contributed by atoms with Crippen molar-refractivity contribution < 1.29 is 18.9 Å². The number of amides is 1. The van der Waals surface area contributed by atoms with Crippen molar-refractivity contribution in [1.29, 1.82) is 0 Å². The Morgan fingerprint density at radius 2 is 1.83 bits per heavy atom. The standard InChI is InChI=1S/C23H24N8O4/c1-4-13-34-18-11-7-16(8-12-18)20-19(26-30-31(20)22-21(24)28-35-29-22)23(32)27-25-14(2)15-5-9-17(33-3)10-6-15/h5-12H,4,13H2,1-3H3,(H2,24,28)(H,27,32). The fraction of sp³-hybridized carbons (Fsp3) is 0.217. The molecule has 0 spiro atoms. The molecule has 2 aromatic carbocycles. The number of nitrogen functional groups attached to an aromatic ring is 1. The summed E-state index contributed by atoms with van der Waals surface area (Å²) in [5.41, 5.74) is 10.8. The van der Waals surface area contributed by atoms with E-state index in [1.807, 2.05) is 31.2 Å². The molecule has 12 nitrogen and oxygen atoms in total. The van der Waals surface area contributed by atoms with Gasteiger partial charge in [-0.05, 0) is 77.8 Å². The summed E-state index contributed by atoms with van der Waals surface area (Å²) in [5.74, 6) is 0.957. The average molecular weight is 476 g/mol. The molecule has 2 aromatic heterocycles. The molecule has 0 bridgehead atoms. The molecule has 3 N–H and O–H groups in total. The second-order valence-electron chi connectivity index (χ2n) is 7.41. The monoisotopic (exact) mass is 476 g/mol. The Morgan fingerprint density at radius 1 is 1.11 bits per heavy atom. The molecule has 4 rings (SSSR count). The van der Waals surface area contributed by atoms with Gasteiger partial charge in [0.05, 0.1) is 19.4 Å². The maximum atomic E-state index is 13.1. The third kappa shape index (κ3) is 5.11. The molecule has 1 amide bonds. The van der Waals surface area contributed by atoms with Crippen molar-refractivity contribution in [3.8, 4) is 28.6 Å². The van der Waals surface area contributed by atoms with Crippen LogP contribution in [0.2, 0.25) is 0 Å². The SMILES string of the molecule is CCCOc1ccc(-c2c(C(=O)NN=C(C)c3ccc(OC)cc3)nnn2-c2nonc2N)cc1. The summed E-state index contributed by atoms with van der Waals surface area (Å²) < 4.78 is 16.8. The maximum Gasteiger partial charge on any atom is 0.294 e. The molecule has 0 aliphatic carbocycles. The number of aromatic nitrogens is 5. The summed E-state index contributed by atoms with van der Waals surface area (Å²) in [6.45, 7) is 4.40. The Bertz CT molecular complexity index is 1330. The molecule has 4 aromatic rings. The lowest BCUT2D eigenvalue weighted by Crippen LogP contribution is -2.21. The molecule has 180 valence electrons. The van der Waals surface area contributed by atoms with Crippen LogP contribution in [0.25, 0.3) is 17.1 Å². The Hall–Kier alpha value is -4.74. The molecule has 2 heterocycles. The van der Waals surface area contributed by atoms with Crippen LogP contribution in [0.1, 0.15) is 36.3 Å². The first-order valence-electron chi connectivity index (χ1n) is 10.8. The number of benzene rings is 2. The molecule has 0 unspecified atom stereocenters. The number of hydrogen-bond acceptors (Lipinski definition) is 10. The zero-order chi connectivity index (χ0) is 24.8. The van der Waals surface area contributed by atoms with Gasteiger partial charge in [-0.1, -0.05) is 12.1 Å². The van der Waals surface area contributed by atoms with Gasteiger partial charge in [0.25, 0.3) is 5.91 Å². The van der Waals surface area contributed by atoms with Crippen LogP contribution in [0.4, 0.5) is 5.82 Å². The lowest BCUT2D eigenvalue weighted by Gasteiger charge is -2.08. The van der Waals surface area contributed by atoms with Gasteiger partial charge in [0, 0.05) is 5.56 Å². The van der Waals surface area contributed by atoms with E-state index in [9.17, 15) is 4.79 Å². The molecule has 0 fully saturated rings. The van der Waals surface area contributed by atoms with Crippen LogP contribution in [0.3, 0.4) is 0 Å². The molecule has 0 aliphatic rings. The number of carbonyl (C=O) groups excluding carboxylic acids is 1. The first-order chi connectivity index (χ1) is 17.0. The van der Waals surface area contributed by atoms with Crippen LogP contribution in [0, 0.1) is 0 Å². The summed E-state index contributed by atoms with van der Waals surface area (Å²) in [4.78, 5) is 13.1. The normalized spacial score (nSPS) is 11.3. The number of carbonyl (C=O) groups is 1. The van der Waals surface area contributed by atoms with Crippen molar-refractivity contribution in [2.24, 2.45) is 5.10 Å². The number of hydrazone groups is 1. The number of ether oxygens (including phenoxy) is 2. The van der Waals surface area contributed by atoms with Gasteiger partial charge in [-0.15, -0.1) is 5.10 Å². The molecule has 35 heavy (non-hydrogen) atoms. The molecule has 12 heteroatoms. The highest BCUT2D eigenvalue weighted by atomic mass is 16.6. The molecular formula is C23H24N8O4. The first-order valence-corrected chi connectivity index (χ1v) is 10.8. The second-order valence-corrected chi connectivity index (χ2v) is 7.41. The first kappa shape index (κ1) is 23.4. The zero-order valence-electron chi connectivity index (χ0n) is 19.4. The minimum atomic E-state index is -0.569. The topological polar surface area (TPSA) is 156 Å². The third-order valence-corrected chi connectivity index (χ3v) is 5.02. The van der Waals surface area contributed by atoms with E-state index in [0.29, 0.717) is 29.3 Å². The van der Waals surface area contributed by atoms with Gasteiger partial charge in [-0.25, -0.2) is 10.1 Å². The Balaban J connectivity index is 1.65. The Kier molecular flexibility index (Phi) is 7.00. The molecule has 0 atom stereocenters. The average Bonchev–Trinajstić information content (AvgIpc) is 3.52. The van der Waals surface area contributed by atoms with E-state index in [1.165, 1.54) is 4.68 Å². The van der Waals surface area contributed by atoms with Crippen LogP contribution < -0.4 is 20.6 Å². The van der Waals surface area contributed by atoms with E-state index >= 15 is 0 Å². The van der Waals surface area contributed by atoms with Gasteiger partial charge < -0.3 is 15.2 Å². The summed E-state index contributed by atoms with van der Waals surface area (Å²) >= 11 is 0. The second kappa shape index (κ2) is 10.5. The van der Waals surface area contributed by atoms with Crippen molar-refractivity contribution in [3.05, 3.63) is 59.8 Å². The van der Waals surface area contributed by atoms with E-state index in [2.05, 4.69) is 31.2 Å². The number of nitrogens with zero attached hydrogens (tertiary/aromatic N) is 6. The fourth-order valence-electron chi connectivity index (χ4n) is 3.19. The van der Waals surface area contributed by atoms with Gasteiger partial charge in [0.2, 0.25) is 11.6 Å². The van der Waals surface area contributed by atoms with Crippen molar-refractivity contribution in [2.45, 2.75) is 20.3 Å². The Labute approximate surface area is 200 Å². The van der Waals surface area contributed by atoms with E-state index < -0.39 is 5.91 Å². The molecule has 0 radical (unpaired) electrons. The zero-order valence-corrected chi connectivity index (χ0v) is 19.4.